The van der Waals surface area contributed by atoms with Crippen LogP contribution in [-0.2, 0) is 4.79 Å². The summed E-state index contributed by atoms with van der Waals surface area (Å²) in [6.45, 7) is 0. The van der Waals surface area contributed by atoms with Crippen LogP contribution in [0.25, 0.3) is 0 Å². The smallest absolute Gasteiger partial charge is 0.225 e. The Morgan fingerprint density at radius 1 is 1.20 bits per heavy atom. The number of alkyl halides is 1. The van der Waals surface area contributed by atoms with Gasteiger partial charge in [-0.05, 0) is 67.9 Å². The van der Waals surface area contributed by atoms with E-state index in [0.717, 1.165) is 24.0 Å². The minimum absolute atomic E-state index is 0.0986. The summed E-state index contributed by atoms with van der Waals surface area (Å²) in [6.07, 6.45) is 8.12. The molecule has 1 aromatic carbocycles. The molecule has 4 aliphatic rings. The summed E-state index contributed by atoms with van der Waals surface area (Å²) in [4.78, 5) is 12.8. The van der Waals surface area contributed by atoms with E-state index < -0.39 is 0 Å². The first kappa shape index (κ1) is 17.2. The molecule has 136 valence electrons. The van der Waals surface area contributed by atoms with Crippen LogP contribution in [0.3, 0.4) is 0 Å². The third kappa shape index (κ3) is 3.27. The van der Waals surface area contributed by atoms with Crippen molar-refractivity contribution in [2.45, 2.75) is 49.3 Å². The van der Waals surface area contributed by atoms with Crippen LogP contribution < -0.4 is 14.8 Å². The van der Waals surface area contributed by atoms with E-state index in [2.05, 4.69) is 21.2 Å². The van der Waals surface area contributed by atoms with Gasteiger partial charge in [-0.3, -0.25) is 4.79 Å². The molecule has 1 aromatic rings. The fraction of sp³-hybridized carbons (Fsp3) is 0.650. The van der Waals surface area contributed by atoms with E-state index in [0.29, 0.717) is 17.9 Å². The lowest BCUT2D eigenvalue weighted by Crippen LogP contribution is -2.53. The summed E-state index contributed by atoms with van der Waals surface area (Å²) < 4.78 is 10.9. The van der Waals surface area contributed by atoms with E-state index in [4.69, 9.17) is 9.47 Å². The maximum atomic E-state index is 12.8. The monoisotopic (exact) mass is 407 g/mol. The van der Waals surface area contributed by atoms with Crippen molar-refractivity contribution in [2.75, 3.05) is 19.5 Å². The standard InChI is InChI=1S/C20H26BrNO3/c1-24-15-3-4-16(17(6-15)25-2)22-18(23)11-19-7-13-5-14(8-19)10-20(21,9-13)12-19/h3-4,6,13-14H,5,7-12H2,1-2H3,(H,22,23)/t13-,14+,19?,20?. The molecule has 4 nitrogen and oxygen atoms in total. The van der Waals surface area contributed by atoms with Crippen molar-refractivity contribution in [1.82, 2.24) is 0 Å². The van der Waals surface area contributed by atoms with Gasteiger partial charge in [-0.1, -0.05) is 15.9 Å². The number of carbonyl (C=O) groups excluding carboxylic acids is 1. The minimum Gasteiger partial charge on any atom is -0.497 e. The summed E-state index contributed by atoms with van der Waals surface area (Å²) in [5, 5.41) is 3.07. The summed E-state index contributed by atoms with van der Waals surface area (Å²) >= 11 is 4.02. The molecule has 4 atom stereocenters. The van der Waals surface area contributed by atoms with Crippen molar-refractivity contribution in [3.05, 3.63) is 18.2 Å². The van der Waals surface area contributed by atoms with Gasteiger partial charge < -0.3 is 14.8 Å². The van der Waals surface area contributed by atoms with Gasteiger partial charge in [-0.15, -0.1) is 0 Å². The fourth-order valence-corrected chi connectivity index (χ4v) is 7.49. The van der Waals surface area contributed by atoms with Gasteiger partial charge in [0, 0.05) is 16.8 Å². The molecule has 4 saturated carbocycles. The maximum absolute atomic E-state index is 12.8. The third-order valence-corrected chi connectivity index (χ3v) is 7.26. The number of amides is 1. The van der Waals surface area contributed by atoms with Crippen LogP contribution in [0.1, 0.15) is 44.9 Å². The average Bonchev–Trinajstić information content (AvgIpc) is 2.52. The highest BCUT2D eigenvalue weighted by molar-refractivity contribution is 9.10. The molecule has 0 radical (unpaired) electrons. The average molecular weight is 408 g/mol. The minimum atomic E-state index is 0.0986. The van der Waals surface area contributed by atoms with E-state index in [9.17, 15) is 4.79 Å². The summed E-state index contributed by atoms with van der Waals surface area (Å²) in [6, 6.07) is 5.49. The third-order valence-electron chi connectivity index (χ3n) is 6.33. The molecule has 0 saturated heterocycles. The first-order valence-corrected chi connectivity index (χ1v) is 9.93. The molecule has 0 heterocycles. The molecule has 1 N–H and O–H groups in total. The number of hydrogen-bond acceptors (Lipinski definition) is 3. The maximum Gasteiger partial charge on any atom is 0.225 e. The van der Waals surface area contributed by atoms with E-state index in [-0.39, 0.29) is 15.6 Å². The normalized spacial score (nSPS) is 35.5. The van der Waals surface area contributed by atoms with Gasteiger partial charge >= 0.3 is 0 Å². The number of anilines is 1. The van der Waals surface area contributed by atoms with Crippen LogP contribution in [0.5, 0.6) is 11.5 Å². The summed E-state index contributed by atoms with van der Waals surface area (Å²) in [5.74, 6) is 3.04. The Kier molecular flexibility index (Phi) is 4.25. The van der Waals surface area contributed by atoms with Crippen molar-refractivity contribution in [2.24, 2.45) is 17.3 Å². The Bertz CT molecular complexity index is 676. The zero-order valence-corrected chi connectivity index (χ0v) is 16.5. The van der Waals surface area contributed by atoms with Gasteiger partial charge in [0.25, 0.3) is 0 Å². The van der Waals surface area contributed by atoms with Gasteiger partial charge in [0.15, 0.2) is 0 Å². The second-order valence-corrected chi connectivity index (χ2v) is 10.1. The van der Waals surface area contributed by atoms with Crippen LogP contribution in [-0.4, -0.2) is 24.5 Å². The molecule has 4 fully saturated rings. The fourth-order valence-electron chi connectivity index (χ4n) is 5.98. The largest absolute Gasteiger partial charge is 0.497 e. The van der Waals surface area contributed by atoms with Crippen LogP contribution in [0, 0.1) is 17.3 Å². The molecule has 0 aliphatic heterocycles. The van der Waals surface area contributed by atoms with Gasteiger partial charge in [-0.2, -0.15) is 0 Å². The highest BCUT2D eigenvalue weighted by Gasteiger charge is 2.57. The first-order valence-electron chi connectivity index (χ1n) is 9.13. The number of benzene rings is 1. The zero-order chi connectivity index (χ0) is 17.7. The Morgan fingerprint density at radius 2 is 1.92 bits per heavy atom. The van der Waals surface area contributed by atoms with Crippen molar-refractivity contribution in [3.63, 3.8) is 0 Å². The SMILES string of the molecule is COc1ccc(NC(=O)CC23C[C@@H]4C[C@@H](CC(Br)(C4)C2)C3)c(OC)c1. The molecule has 1 amide bonds. The number of hydrogen-bond donors (Lipinski definition) is 1. The molecular weight excluding hydrogens is 382 g/mol. The molecule has 0 spiro atoms. The van der Waals surface area contributed by atoms with Crippen LogP contribution in [0.15, 0.2) is 18.2 Å². The Hall–Kier alpha value is -1.23. The van der Waals surface area contributed by atoms with E-state index in [1.165, 1.54) is 32.1 Å². The van der Waals surface area contributed by atoms with Crippen LogP contribution in [0.2, 0.25) is 0 Å². The van der Waals surface area contributed by atoms with Crippen molar-refractivity contribution >= 4 is 27.5 Å². The molecule has 0 aromatic heterocycles. The molecular formula is C20H26BrNO3. The lowest BCUT2D eigenvalue weighted by molar-refractivity contribution is -0.123. The second-order valence-electron chi connectivity index (χ2n) is 8.40. The van der Waals surface area contributed by atoms with E-state index >= 15 is 0 Å². The van der Waals surface area contributed by atoms with Crippen molar-refractivity contribution < 1.29 is 14.3 Å². The first-order chi connectivity index (χ1) is 11.9. The molecule has 5 rings (SSSR count). The molecule has 25 heavy (non-hydrogen) atoms. The van der Waals surface area contributed by atoms with Crippen molar-refractivity contribution in [3.8, 4) is 11.5 Å². The summed E-state index contributed by atoms with van der Waals surface area (Å²) in [5.41, 5.74) is 0.892. The molecule has 4 aliphatic carbocycles. The summed E-state index contributed by atoms with van der Waals surface area (Å²) in [7, 11) is 3.23. The quantitative estimate of drug-likeness (QED) is 0.715. The van der Waals surface area contributed by atoms with Gasteiger partial charge in [0.05, 0.1) is 19.9 Å². The van der Waals surface area contributed by atoms with Crippen LogP contribution >= 0.6 is 15.9 Å². The highest BCUT2D eigenvalue weighted by Crippen LogP contribution is 2.65. The zero-order valence-electron chi connectivity index (χ0n) is 14.9. The van der Waals surface area contributed by atoms with Gasteiger partial charge in [-0.25, -0.2) is 0 Å². The molecule has 4 bridgehead atoms. The Balaban J connectivity index is 1.48. The number of nitrogens with one attached hydrogen (secondary N) is 1. The Labute approximate surface area is 157 Å². The van der Waals surface area contributed by atoms with Gasteiger partial charge in [0.2, 0.25) is 5.91 Å². The Morgan fingerprint density at radius 3 is 2.52 bits per heavy atom. The second kappa shape index (κ2) is 6.19. The number of ether oxygens (including phenoxy) is 2. The molecule has 5 heteroatoms. The van der Waals surface area contributed by atoms with Crippen molar-refractivity contribution in [1.29, 1.82) is 0 Å². The molecule has 2 unspecified atom stereocenters. The van der Waals surface area contributed by atoms with Crippen LogP contribution in [0.4, 0.5) is 5.69 Å². The number of carbonyl (C=O) groups is 1. The number of methoxy groups -OCH3 is 2. The number of rotatable bonds is 5. The van der Waals surface area contributed by atoms with E-state index in [1.54, 1.807) is 20.3 Å². The highest BCUT2D eigenvalue weighted by atomic mass is 79.9. The lowest BCUT2D eigenvalue weighted by Gasteiger charge is -2.60. The van der Waals surface area contributed by atoms with E-state index in [1.807, 2.05) is 12.1 Å². The van der Waals surface area contributed by atoms with Gasteiger partial charge in [0.1, 0.15) is 11.5 Å². The topological polar surface area (TPSA) is 47.6 Å². The predicted octanol–water partition coefficient (Wildman–Crippen LogP) is 4.77. The lowest BCUT2D eigenvalue weighted by atomic mass is 9.48. The predicted molar refractivity (Wildman–Crippen MR) is 102 cm³/mol. The number of halogens is 1.